The average Bonchev–Trinajstić information content (AvgIpc) is 2.43. The van der Waals surface area contributed by atoms with Crippen LogP contribution in [0, 0.1) is 16.7 Å². The van der Waals surface area contributed by atoms with Crippen molar-refractivity contribution in [3.63, 3.8) is 0 Å². The molecule has 0 aliphatic heterocycles. The zero-order chi connectivity index (χ0) is 13.4. The number of nitriles is 1. The van der Waals surface area contributed by atoms with Gasteiger partial charge in [0.05, 0.1) is 25.9 Å². The maximum atomic E-state index is 12.3. The lowest BCUT2D eigenvalue weighted by Crippen LogP contribution is -2.43. The molecule has 1 fully saturated rings. The van der Waals surface area contributed by atoms with Crippen LogP contribution in [0.1, 0.15) is 32.1 Å². The van der Waals surface area contributed by atoms with Crippen LogP contribution < -0.4 is 0 Å². The van der Waals surface area contributed by atoms with E-state index in [2.05, 4.69) is 6.07 Å². The molecule has 0 atom stereocenters. The molecule has 0 aromatic rings. The first kappa shape index (κ1) is 14.9. The number of aliphatic hydroxyl groups excluding tert-OH is 1. The summed E-state index contributed by atoms with van der Waals surface area (Å²) in [6, 6.07) is 2.23. The highest BCUT2D eigenvalue weighted by Crippen LogP contribution is 2.37. The summed E-state index contributed by atoms with van der Waals surface area (Å²) in [4.78, 5) is 13.9. The van der Waals surface area contributed by atoms with Gasteiger partial charge in [-0.25, -0.2) is 0 Å². The highest BCUT2D eigenvalue weighted by molar-refractivity contribution is 5.85. The van der Waals surface area contributed by atoms with Crippen LogP contribution in [0.2, 0.25) is 0 Å². The Morgan fingerprint density at radius 2 is 2.06 bits per heavy atom. The zero-order valence-electron chi connectivity index (χ0n) is 11.0. The van der Waals surface area contributed by atoms with E-state index in [9.17, 15) is 10.1 Å². The first-order chi connectivity index (χ1) is 8.66. The van der Waals surface area contributed by atoms with Crippen LogP contribution >= 0.6 is 0 Å². The van der Waals surface area contributed by atoms with E-state index in [4.69, 9.17) is 9.84 Å². The lowest BCUT2D eigenvalue weighted by atomic mass is 9.74. The molecule has 1 amide bonds. The molecule has 0 saturated heterocycles. The van der Waals surface area contributed by atoms with Crippen molar-refractivity contribution in [3.05, 3.63) is 0 Å². The van der Waals surface area contributed by atoms with Gasteiger partial charge in [-0.3, -0.25) is 4.79 Å². The minimum Gasteiger partial charge on any atom is -0.394 e. The second kappa shape index (κ2) is 7.34. The van der Waals surface area contributed by atoms with Gasteiger partial charge in [0.1, 0.15) is 5.41 Å². The molecule has 1 N–H and O–H groups in total. The minimum atomic E-state index is -0.815. The minimum absolute atomic E-state index is 0.0141. The summed E-state index contributed by atoms with van der Waals surface area (Å²) in [6.45, 7) is 1.12. The number of carbonyl (C=O) groups excluding carboxylic acids is 1. The van der Waals surface area contributed by atoms with E-state index in [1.165, 1.54) is 0 Å². The van der Waals surface area contributed by atoms with Gasteiger partial charge in [-0.05, 0) is 12.8 Å². The number of aliphatic hydroxyl groups is 1. The van der Waals surface area contributed by atoms with E-state index >= 15 is 0 Å². The van der Waals surface area contributed by atoms with Crippen LogP contribution in [0.25, 0.3) is 0 Å². The molecule has 18 heavy (non-hydrogen) atoms. The predicted octanol–water partition coefficient (Wildman–Crippen LogP) is 0.928. The number of likely N-dealkylation sites (N-methyl/N-ethyl adjacent to an activating group) is 1. The second-order valence-electron chi connectivity index (χ2n) is 4.82. The van der Waals surface area contributed by atoms with Crippen molar-refractivity contribution in [2.75, 3.05) is 33.4 Å². The number of amides is 1. The maximum Gasteiger partial charge on any atom is 0.242 e. The molecule has 5 nitrogen and oxygen atoms in total. The fourth-order valence-electron chi connectivity index (χ4n) is 2.36. The first-order valence-corrected chi connectivity index (χ1v) is 6.52. The van der Waals surface area contributed by atoms with Gasteiger partial charge in [0.2, 0.25) is 5.91 Å². The average molecular weight is 254 g/mol. The van der Waals surface area contributed by atoms with Crippen molar-refractivity contribution >= 4 is 5.91 Å². The molecule has 1 saturated carbocycles. The Bertz CT molecular complexity index is 306. The van der Waals surface area contributed by atoms with E-state index in [0.717, 1.165) is 19.3 Å². The Hall–Kier alpha value is -1.12. The molecule has 1 aliphatic carbocycles. The largest absolute Gasteiger partial charge is 0.394 e. The van der Waals surface area contributed by atoms with Gasteiger partial charge in [-0.2, -0.15) is 5.26 Å². The van der Waals surface area contributed by atoms with E-state index in [1.807, 2.05) is 0 Å². The summed E-state index contributed by atoms with van der Waals surface area (Å²) in [7, 11) is 1.71. The van der Waals surface area contributed by atoms with E-state index in [1.54, 1.807) is 11.9 Å². The fourth-order valence-corrected chi connectivity index (χ4v) is 2.36. The molecular formula is C13H22N2O3. The highest BCUT2D eigenvalue weighted by Gasteiger charge is 2.41. The smallest absolute Gasteiger partial charge is 0.242 e. The lowest BCUT2D eigenvalue weighted by molar-refractivity contribution is -0.139. The lowest BCUT2D eigenvalue weighted by Gasteiger charge is -2.33. The molecule has 1 rings (SSSR count). The molecule has 0 bridgehead atoms. The Morgan fingerprint density at radius 3 is 2.61 bits per heavy atom. The molecule has 0 spiro atoms. The molecule has 102 valence electrons. The van der Waals surface area contributed by atoms with Gasteiger partial charge >= 0.3 is 0 Å². The number of nitrogens with zero attached hydrogens (tertiary/aromatic N) is 2. The summed E-state index contributed by atoms with van der Waals surface area (Å²) in [5.41, 5.74) is -0.815. The Labute approximate surface area is 108 Å². The van der Waals surface area contributed by atoms with Crippen molar-refractivity contribution in [1.82, 2.24) is 4.90 Å². The Morgan fingerprint density at radius 1 is 1.39 bits per heavy atom. The summed E-state index contributed by atoms with van der Waals surface area (Å²) < 4.78 is 5.13. The van der Waals surface area contributed by atoms with E-state index in [0.29, 0.717) is 26.0 Å². The van der Waals surface area contributed by atoms with Crippen molar-refractivity contribution in [1.29, 1.82) is 5.26 Å². The molecule has 1 aliphatic rings. The fraction of sp³-hybridized carbons (Fsp3) is 0.846. The van der Waals surface area contributed by atoms with E-state index < -0.39 is 5.41 Å². The molecule has 0 aromatic carbocycles. The Kier molecular flexibility index (Phi) is 6.10. The standard InChI is InChI=1S/C13H22N2O3/c1-15(7-9-18-10-8-16)12(17)13(11-14)5-3-2-4-6-13/h16H,2-10H2,1H3. The monoisotopic (exact) mass is 254 g/mol. The molecule has 0 radical (unpaired) electrons. The predicted molar refractivity (Wildman–Crippen MR) is 66.7 cm³/mol. The molecular weight excluding hydrogens is 232 g/mol. The first-order valence-electron chi connectivity index (χ1n) is 6.52. The van der Waals surface area contributed by atoms with Gasteiger partial charge in [-0.1, -0.05) is 19.3 Å². The van der Waals surface area contributed by atoms with Gasteiger partial charge in [0, 0.05) is 13.6 Å². The third-order valence-electron chi connectivity index (χ3n) is 3.48. The number of rotatable bonds is 6. The van der Waals surface area contributed by atoms with Crippen LogP contribution in [0.15, 0.2) is 0 Å². The SMILES string of the molecule is CN(CCOCCO)C(=O)C1(C#N)CCCCC1. The van der Waals surface area contributed by atoms with Crippen LogP contribution in [0.5, 0.6) is 0 Å². The second-order valence-corrected chi connectivity index (χ2v) is 4.82. The van der Waals surface area contributed by atoms with Crippen LogP contribution in [0.3, 0.4) is 0 Å². The third kappa shape index (κ3) is 3.69. The number of ether oxygens (including phenoxy) is 1. The van der Waals surface area contributed by atoms with Crippen molar-refractivity contribution in [3.8, 4) is 6.07 Å². The van der Waals surface area contributed by atoms with Crippen molar-refractivity contribution < 1.29 is 14.6 Å². The zero-order valence-corrected chi connectivity index (χ0v) is 11.0. The number of hydrogen-bond donors (Lipinski definition) is 1. The molecule has 5 heteroatoms. The Balaban J connectivity index is 2.48. The maximum absolute atomic E-state index is 12.3. The van der Waals surface area contributed by atoms with Gasteiger partial charge in [0.15, 0.2) is 0 Å². The molecule has 0 aromatic heterocycles. The summed E-state index contributed by atoms with van der Waals surface area (Å²) >= 11 is 0. The van der Waals surface area contributed by atoms with E-state index in [-0.39, 0.29) is 19.1 Å². The van der Waals surface area contributed by atoms with Gasteiger partial charge in [0.25, 0.3) is 0 Å². The van der Waals surface area contributed by atoms with Crippen LogP contribution in [-0.4, -0.2) is 49.3 Å². The van der Waals surface area contributed by atoms with Gasteiger partial charge < -0.3 is 14.7 Å². The summed E-state index contributed by atoms with van der Waals surface area (Å²) in [6.07, 6.45) is 4.36. The third-order valence-corrected chi connectivity index (χ3v) is 3.48. The number of hydrogen-bond acceptors (Lipinski definition) is 4. The van der Waals surface area contributed by atoms with Crippen molar-refractivity contribution in [2.45, 2.75) is 32.1 Å². The molecule has 0 unspecified atom stereocenters. The molecule has 0 heterocycles. The normalized spacial score (nSPS) is 18.1. The quantitative estimate of drug-likeness (QED) is 0.716. The summed E-state index contributed by atoms with van der Waals surface area (Å²) in [5, 5.41) is 17.9. The summed E-state index contributed by atoms with van der Waals surface area (Å²) in [5.74, 6) is -0.0858. The van der Waals surface area contributed by atoms with Crippen LogP contribution in [0.4, 0.5) is 0 Å². The van der Waals surface area contributed by atoms with Gasteiger partial charge in [-0.15, -0.1) is 0 Å². The topological polar surface area (TPSA) is 73.6 Å². The highest BCUT2D eigenvalue weighted by atomic mass is 16.5. The van der Waals surface area contributed by atoms with Crippen molar-refractivity contribution in [2.24, 2.45) is 5.41 Å². The van der Waals surface area contributed by atoms with Crippen LogP contribution in [-0.2, 0) is 9.53 Å². The number of carbonyl (C=O) groups is 1.